The number of ether oxygens (including phenoxy) is 1. The Morgan fingerprint density at radius 1 is 1.53 bits per heavy atom. The zero-order valence-electron chi connectivity index (χ0n) is 10.7. The van der Waals surface area contributed by atoms with Crippen LogP contribution < -0.4 is 10.5 Å². The summed E-state index contributed by atoms with van der Waals surface area (Å²) in [7, 11) is 0. The van der Waals surface area contributed by atoms with Gasteiger partial charge >= 0.3 is 0 Å². The molecule has 1 aromatic rings. The fourth-order valence-electron chi connectivity index (χ4n) is 1.57. The molecule has 104 valence electrons. The highest BCUT2D eigenvalue weighted by Crippen LogP contribution is 2.23. The highest BCUT2D eigenvalue weighted by atomic mass is 16.6. The van der Waals surface area contributed by atoms with E-state index in [1.54, 1.807) is 19.1 Å². The van der Waals surface area contributed by atoms with Gasteiger partial charge in [-0.2, -0.15) is 0 Å². The van der Waals surface area contributed by atoms with E-state index in [1.165, 1.54) is 6.07 Å². The fourth-order valence-corrected chi connectivity index (χ4v) is 1.57. The summed E-state index contributed by atoms with van der Waals surface area (Å²) in [6.07, 6.45) is 2.02. The third-order valence-electron chi connectivity index (χ3n) is 2.59. The number of nitro benzene ring substituents is 1. The topological polar surface area (TPSA) is 111 Å². The molecule has 3 N–H and O–H groups in total. The number of nitro groups is 1. The number of amidine groups is 1. The molecule has 0 aliphatic carbocycles. The molecule has 7 nitrogen and oxygen atoms in total. The van der Waals surface area contributed by atoms with Crippen molar-refractivity contribution in [2.45, 2.75) is 26.2 Å². The van der Waals surface area contributed by atoms with Gasteiger partial charge in [0.1, 0.15) is 11.6 Å². The van der Waals surface area contributed by atoms with E-state index in [9.17, 15) is 10.1 Å². The molecule has 0 spiro atoms. The first-order chi connectivity index (χ1) is 9.04. The minimum atomic E-state index is -0.421. The third-order valence-corrected chi connectivity index (χ3v) is 2.59. The fraction of sp³-hybridized carbons (Fsp3) is 0.417. The van der Waals surface area contributed by atoms with Crippen molar-refractivity contribution in [3.63, 3.8) is 0 Å². The largest absolute Gasteiger partial charge is 0.494 e. The first-order valence-corrected chi connectivity index (χ1v) is 5.89. The lowest BCUT2D eigenvalue weighted by atomic mass is 10.2. The average molecular weight is 267 g/mol. The Balaban J connectivity index is 2.38. The Bertz CT molecular complexity index is 474. The summed E-state index contributed by atoms with van der Waals surface area (Å²) in [4.78, 5) is 10.2. The van der Waals surface area contributed by atoms with E-state index >= 15 is 0 Å². The summed E-state index contributed by atoms with van der Waals surface area (Å²) in [5.74, 6) is 0.804. The van der Waals surface area contributed by atoms with Gasteiger partial charge < -0.3 is 15.7 Å². The van der Waals surface area contributed by atoms with Crippen molar-refractivity contribution in [1.82, 2.24) is 0 Å². The van der Waals surface area contributed by atoms with Crippen LogP contribution in [0.1, 0.15) is 24.8 Å². The second-order valence-corrected chi connectivity index (χ2v) is 4.10. The van der Waals surface area contributed by atoms with Gasteiger partial charge in [-0.15, -0.1) is 0 Å². The van der Waals surface area contributed by atoms with E-state index < -0.39 is 4.92 Å². The molecule has 0 aliphatic heterocycles. The first kappa shape index (κ1) is 14.7. The van der Waals surface area contributed by atoms with Crippen LogP contribution in [0.25, 0.3) is 0 Å². The van der Waals surface area contributed by atoms with Crippen molar-refractivity contribution in [1.29, 1.82) is 0 Å². The van der Waals surface area contributed by atoms with Crippen molar-refractivity contribution in [3.8, 4) is 5.75 Å². The third kappa shape index (κ3) is 4.82. The number of unbranched alkanes of at least 4 members (excludes halogenated alkanes) is 1. The van der Waals surface area contributed by atoms with E-state index in [-0.39, 0.29) is 11.5 Å². The Labute approximate surface area is 110 Å². The molecule has 0 saturated carbocycles. The smallest absolute Gasteiger partial charge is 0.272 e. The highest BCUT2D eigenvalue weighted by molar-refractivity contribution is 5.79. The average Bonchev–Trinajstić information content (AvgIpc) is 2.37. The van der Waals surface area contributed by atoms with Crippen LogP contribution in [-0.4, -0.2) is 22.6 Å². The summed E-state index contributed by atoms with van der Waals surface area (Å²) in [5, 5.41) is 21.9. The summed E-state index contributed by atoms with van der Waals surface area (Å²) >= 11 is 0. The van der Waals surface area contributed by atoms with E-state index in [0.717, 1.165) is 12.8 Å². The van der Waals surface area contributed by atoms with Crippen LogP contribution in [0.15, 0.2) is 23.4 Å². The van der Waals surface area contributed by atoms with Crippen molar-refractivity contribution in [2.75, 3.05) is 6.61 Å². The van der Waals surface area contributed by atoms with Gasteiger partial charge in [-0.1, -0.05) is 5.16 Å². The molecule has 0 radical (unpaired) electrons. The lowest BCUT2D eigenvalue weighted by Gasteiger charge is -2.06. The maximum Gasteiger partial charge on any atom is 0.272 e. The Hall–Kier alpha value is -2.31. The van der Waals surface area contributed by atoms with Gasteiger partial charge in [0.2, 0.25) is 0 Å². The number of hydrogen-bond acceptors (Lipinski definition) is 5. The number of benzene rings is 1. The Morgan fingerprint density at radius 2 is 2.26 bits per heavy atom. The van der Waals surface area contributed by atoms with Gasteiger partial charge in [-0.05, 0) is 31.9 Å². The molecule has 7 heteroatoms. The predicted molar refractivity (Wildman–Crippen MR) is 70.6 cm³/mol. The zero-order valence-corrected chi connectivity index (χ0v) is 10.7. The van der Waals surface area contributed by atoms with Gasteiger partial charge in [0.25, 0.3) is 5.69 Å². The Kier molecular flexibility index (Phi) is 5.59. The second-order valence-electron chi connectivity index (χ2n) is 4.10. The quantitative estimate of drug-likeness (QED) is 0.196. The number of aryl methyl sites for hydroxylation is 1. The van der Waals surface area contributed by atoms with Crippen LogP contribution in [0.2, 0.25) is 0 Å². The minimum Gasteiger partial charge on any atom is -0.494 e. The molecule has 0 amide bonds. The molecule has 0 unspecified atom stereocenters. The van der Waals surface area contributed by atoms with Gasteiger partial charge in [-0.25, -0.2) is 0 Å². The lowest BCUT2D eigenvalue weighted by Crippen LogP contribution is -2.11. The van der Waals surface area contributed by atoms with Crippen molar-refractivity contribution >= 4 is 11.5 Å². The highest BCUT2D eigenvalue weighted by Gasteiger charge is 2.10. The second kappa shape index (κ2) is 7.20. The molecular formula is C12H17N3O4. The SMILES string of the molecule is Cc1cc(OCCCC/C(N)=N/O)ccc1[N+](=O)[O-]. The van der Waals surface area contributed by atoms with Crippen LogP contribution in [0.4, 0.5) is 5.69 Å². The number of oxime groups is 1. The van der Waals surface area contributed by atoms with E-state index in [0.29, 0.717) is 24.3 Å². The maximum absolute atomic E-state index is 10.6. The molecule has 0 aromatic heterocycles. The molecule has 1 aromatic carbocycles. The zero-order chi connectivity index (χ0) is 14.3. The van der Waals surface area contributed by atoms with Gasteiger partial charge in [0.05, 0.1) is 11.5 Å². The number of nitrogens with two attached hydrogens (primary N) is 1. The molecule has 0 bridgehead atoms. The van der Waals surface area contributed by atoms with Crippen LogP contribution in [0.3, 0.4) is 0 Å². The summed E-state index contributed by atoms with van der Waals surface area (Å²) in [6, 6.07) is 4.65. The predicted octanol–water partition coefficient (Wildman–Crippen LogP) is 2.20. The van der Waals surface area contributed by atoms with Crippen LogP contribution in [0.5, 0.6) is 5.75 Å². The number of rotatable bonds is 7. The normalized spacial score (nSPS) is 11.3. The Morgan fingerprint density at radius 3 is 2.84 bits per heavy atom. The summed E-state index contributed by atoms with van der Waals surface area (Å²) in [6.45, 7) is 2.15. The van der Waals surface area contributed by atoms with Crippen molar-refractivity contribution < 1.29 is 14.9 Å². The lowest BCUT2D eigenvalue weighted by molar-refractivity contribution is -0.385. The molecule has 19 heavy (non-hydrogen) atoms. The summed E-state index contributed by atoms with van der Waals surface area (Å²) in [5.41, 5.74) is 5.98. The molecule has 1 rings (SSSR count). The van der Waals surface area contributed by atoms with Crippen LogP contribution in [0, 0.1) is 17.0 Å². The number of hydrogen-bond donors (Lipinski definition) is 2. The van der Waals surface area contributed by atoms with Crippen LogP contribution in [-0.2, 0) is 0 Å². The van der Waals surface area contributed by atoms with E-state index in [1.807, 2.05) is 0 Å². The molecular weight excluding hydrogens is 250 g/mol. The minimum absolute atomic E-state index is 0.0827. The molecule has 0 atom stereocenters. The van der Waals surface area contributed by atoms with E-state index in [2.05, 4.69) is 5.16 Å². The van der Waals surface area contributed by atoms with Gasteiger partial charge in [0.15, 0.2) is 0 Å². The monoisotopic (exact) mass is 267 g/mol. The molecule has 0 saturated heterocycles. The maximum atomic E-state index is 10.6. The molecule has 0 fully saturated rings. The first-order valence-electron chi connectivity index (χ1n) is 5.89. The summed E-state index contributed by atoms with van der Waals surface area (Å²) < 4.78 is 5.47. The standard InChI is InChI=1S/C12H17N3O4/c1-9-8-10(5-6-11(9)15(17)18)19-7-3-2-4-12(13)14-16/h5-6,8,16H,2-4,7H2,1H3,(H2,13,14). The van der Waals surface area contributed by atoms with Crippen molar-refractivity contribution in [2.24, 2.45) is 10.9 Å². The van der Waals surface area contributed by atoms with Crippen LogP contribution >= 0.6 is 0 Å². The van der Waals surface area contributed by atoms with Gasteiger partial charge in [0, 0.05) is 18.1 Å². The van der Waals surface area contributed by atoms with Crippen molar-refractivity contribution in [3.05, 3.63) is 33.9 Å². The number of nitrogens with zero attached hydrogens (tertiary/aromatic N) is 2. The molecule has 0 heterocycles. The molecule has 0 aliphatic rings. The van der Waals surface area contributed by atoms with E-state index in [4.69, 9.17) is 15.7 Å². The van der Waals surface area contributed by atoms with Gasteiger partial charge in [-0.3, -0.25) is 10.1 Å².